The topological polar surface area (TPSA) is 220 Å². The molecule has 0 aliphatic carbocycles. The molecule has 218 valence electrons. The third kappa shape index (κ3) is 10.6. The fourth-order valence-electron chi connectivity index (χ4n) is 3.52. The van der Waals surface area contributed by atoms with Gasteiger partial charge in [-0.2, -0.15) is 0 Å². The summed E-state index contributed by atoms with van der Waals surface area (Å²) >= 11 is 0. The van der Waals surface area contributed by atoms with Crippen LogP contribution in [0.5, 0.6) is 0 Å². The molecule has 0 spiro atoms. The average molecular weight is 560 g/mol. The highest BCUT2D eigenvalue weighted by molar-refractivity contribution is 5.99. The third-order valence-corrected chi connectivity index (χ3v) is 5.37. The van der Waals surface area contributed by atoms with Crippen LogP contribution in [0.25, 0.3) is 11.0 Å². The van der Waals surface area contributed by atoms with E-state index in [1.165, 1.54) is 19.1 Å². The van der Waals surface area contributed by atoms with Gasteiger partial charge in [0.2, 0.25) is 17.7 Å². The number of nitrogens with two attached hydrogens (primary N) is 2. The van der Waals surface area contributed by atoms with E-state index >= 15 is 0 Å². The number of benzene rings is 1. The number of fused-ring (bicyclic) bond motifs is 1. The predicted octanol–water partition coefficient (Wildman–Crippen LogP) is 0.608. The molecule has 0 unspecified atom stereocenters. The van der Waals surface area contributed by atoms with E-state index in [1.54, 1.807) is 39.8 Å². The van der Waals surface area contributed by atoms with Crippen LogP contribution >= 0.6 is 0 Å². The number of hydrogen-bond acceptors (Lipinski definition) is 8. The number of guanidine groups is 1. The minimum absolute atomic E-state index is 0.102. The van der Waals surface area contributed by atoms with Crippen molar-refractivity contribution < 1.29 is 28.3 Å². The average Bonchev–Trinajstić information content (AvgIpc) is 2.82. The van der Waals surface area contributed by atoms with E-state index in [4.69, 9.17) is 20.6 Å². The summed E-state index contributed by atoms with van der Waals surface area (Å²) in [6.07, 6.45) is -0.230. The molecule has 14 nitrogen and oxygen atoms in total. The Morgan fingerprint density at radius 3 is 2.42 bits per heavy atom. The maximum Gasteiger partial charge on any atom is 0.408 e. The number of aryl methyl sites for hydroxylation is 1. The van der Waals surface area contributed by atoms with Crippen LogP contribution in [-0.4, -0.2) is 60.5 Å². The van der Waals surface area contributed by atoms with Gasteiger partial charge in [-0.1, -0.05) is 0 Å². The summed E-state index contributed by atoms with van der Waals surface area (Å²) in [6.45, 7) is 8.04. The van der Waals surface area contributed by atoms with E-state index in [9.17, 15) is 24.0 Å². The number of rotatable bonds is 11. The highest BCUT2D eigenvalue weighted by Crippen LogP contribution is 2.21. The van der Waals surface area contributed by atoms with Crippen LogP contribution in [0.3, 0.4) is 0 Å². The summed E-state index contributed by atoms with van der Waals surface area (Å²) in [4.78, 5) is 65.5. The Bertz CT molecular complexity index is 1330. The lowest BCUT2D eigenvalue weighted by Gasteiger charge is -2.22. The van der Waals surface area contributed by atoms with Crippen molar-refractivity contribution in [1.82, 2.24) is 16.0 Å². The maximum atomic E-state index is 13.1. The van der Waals surface area contributed by atoms with Crippen LogP contribution < -0.4 is 38.4 Å². The number of hydrogen-bond donors (Lipinski definition) is 6. The van der Waals surface area contributed by atoms with Gasteiger partial charge in [0, 0.05) is 29.8 Å². The van der Waals surface area contributed by atoms with Gasteiger partial charge in [0.25, 0.3) is 0 Å². The van der Waals surface area contributed by atoms with Crippen molar-refractivity contribution in [2.75, 3.05) is 18.4 Å². The lowest BCUT2D eigenvalue weighted by atomic mass is 10.1. The summed E-state index contributed by atoms with van der Waals surface area (Å²) in [5.41, 5.74) is 10.8. The summed E-state index contributed by atoms with van der Waals surface area (Å²) in [5, 5.41) is 10.8. The van der Waals surface area contributed by atoms with Crippen LogP contribution in [0.1, 0.15) is 46.1 Å². The van der Waals surface area contributed by atoms with Crippen molar-refractivity contribution in [3.05, 3.63) is 40.2 Å². The van der Waals surface area contributed by atoms with Gasteiger partial charge in [-0.15, -0.1) is 0 Å². The number of aliphatic imine (C=N–C) groups is 1. The molecule has 1 aromatic carbocycles. The number of anilines is 1. The van der Waals surface area contributed by atoms with E-state index in [2.05, 4.69) is 26.3 Å². The second-order valence-corrected chi connectivity index (χ2v) is 10.1. The second kappa shape index (κ2) is 14.0. The maximum absolute atomic E-state index is 13.1. The Kier molecular flexibility index (Phi) is 11.0. The van der Waals surface area contributed by atoms with Crippen molar-refractivity contribution >= 4 is 46.4 Å². The van der Waals surface area contributed by atoms with Crippen molar-refractivity contribution in [3.8, 4) is 0 Å². The third-order valence-electron chi connectivity index (χ3n) is 5.37. The highest BCUT2D eigenvalue weighted by Gasteiger charge is 2.24. The minimum Gasteiger partial charge on any atom is -0.444 e. The molecule has 14 heteroatoms. The summed E-state index contributed by atoms with van der Waals surface area (Å²) < 4.78 is 10.3. The van der Waals surface area contributed by atoms with Crippen LogP contribution in [0, 0.1) is 6.92 Å². The molecule has 0 aliphatic heterocycles. The Morgan fingerprint density at radius 2 is 1.77 bits per heavy atom. The van der Waals surface area contributed by atoms with Gasteiger partial charge in [-0.3, -0.25) is 19.4 Å². The number of carbonyl (C=O) groups excluding carboxylic acids is 4. The van der Waals surface area contributed by atoms with Gasteiger partial charge >= 0.3 is 11.7 Å². The van der Waals surface area contributed by atoms with E-state index < -0.39 is 53.7 Å². The first-order valence-electron chi connectivity index (χ1n) is 12.6. The van der Waals surface area contributed by atoms with Crippen molar-refractivity contribution in [1.29, 1.82) is 0 Å². The van der Waals surface area contributed by atoms with Crippen LogP contribution in [0.15, 0.2) is 38.5 Å². The van der Waals surface area contributed by atoms with Crippen molar-refractivity contribution in [3.63, 3.8) is 0 Å². The molecular formula is C26H37N7O7. The standard InChI is InChI=1S/C26H37N7O7/c1-14-11-21(35)39-19-12-16(8-9-17(14)19)32-23(37)18(7-6-10-29-24(27)28)33-20(34)13-30-22(36)15(2)31-25(38)40-26(3,4)5/h8-9,11-12,15,18H,6-7,10,13H2,1-5H3,(H,30,36)(H,31,38)(H,32,37)(H,33,34)(H4,27,28,29)/t15-,18-/m0/s1. The SMILES string of the molecule is Cc1cc(=O)oc2cc(NC(=O)[C@H](CCCN=C(N)N)NC(=O)CNC(=O)[C@H](C)NC(=O)OC(C)(C)C)ccc12. The van der Waals surface area contributed by atoms with Gasteiger partial charge in [0.1, 0.15) is 23.3 Å². The lowest BCUT2D eigenvalue weighted by molar-refractivity contribution is -0.128. The number of nitrogens with one attached hydrogen (secondary N) is 4. The van der Waals surface area contributed by atoms with E-state index in [1.807, 2.05) is 0 Å². The molecule has 40 heavy (non-hydrogen) atoms. The molecule has 1 heterocycles. The molecule has 4 amide bonds. The van der Waals surface area contributed by atoms with E-state index in [0.717, 1.165) is 5.56 Å². The predicted molar refractivity (Wildman–Crippen MR) is 150 cm³/mol. The van der Waals surface area contributed by atoms with Crippen molar-refractivity contribution in [2.24, 2.45) is 16.5 Å². The molecular weight excluding hydrogens is 522 g/mol. The fraction of sp³-hybridized carbons (Fsp3) is 0.462. The molecule has 8 N–H and O–H groups in total. The molecule has 0 radical (unpaired) electrons. The summed E-state index contributed by atoms with van der Waals surface area (Å²) in [6, 6.07) is 4.26. The lowest BCUT2D eigenvalue weighted by Crippen LogP contribution is -2.51. The molecule has 2 aromatic rings. The first kappa shape index (κ1) is 31.6. The monoisotopic (exact) mass is 559 g/mol. The van der Waals surface area contributed by atoms with Gasteiger partial charge < -0.3 is 41.9 Å². The number of carbonyl (C=O) groups is 4. The molecule has 2 atom stereocenters. The Balaban J connectivity index is 2.03. The van der Waals surface area contributed by atoms with Gasteiger partial charge in [0.05, 0.1) is 6.54 Å². The van der Waals surface area contributed by atoms with Crippen LogP contribution in [0.2, 0.25) is 0 Å². The molecule has 0 bridgehead atoms. The molecule has 0 saturated carbocycles. The molecule has 0 saturated heterocycles. The quantitative estimate of drug-likeness (QED) is 0.0981. The Morgan fingerprint density at radius 1 is 1.07 bits per heavy atom. The van der Waals surface area contributed by atoms with E-state index in [0.29, 0.717) is 23.1 Å². The zero-order chi connectivity index (χ0) is 30.0. The Hall–Kier alpha value is -4.62. The normalized spacial score (nSPS) is 12.5. The summed E-state index contributed by atoms with van der Waals surface area (Å²) in [7, 11) is 0. The second-order valence-electron chi connectivity index (χ2n) is 10.1. The minimum atomic E-state index is -1.00. The van der Waals surface area contributed by atoms with Crippen LogP contribution in [-0.2, 0) is 19.1 Å². The van der Waals surface area contributed by atoms with E-state index in [-0.39, 0.29) is 18.9 Å². The number of nitrogens with zero attached hydrogens (tertiary/aromatic N) is 1. The first-order chi connectivity index (χ1) is 18.6. The van der Waals surface area contributed by atoms with Crippen LogP contribution in [0.4, 0.5) is 10.5 Å². The zero-order valence-electron chi connectivity index (χ0n) is 23.3. The highest BCUT2D eigenvalue weighted by atomic mass is 16.6. The largest absolute Gasteiger partial charge is 0.444 e. The number of amides is 4. The fourth-order valence-corrected chi connectivity index (χ4v) is 3.52. The smallest absolute Gasteiger partial charge is 0.408 e. The van der Waals surface area contributed by atoms with Crippen molar-refractivity contribution in [2.45, 2.75) is 65.1 Å². The van der Waals surface area contributed by atoms with Gasteiger partial charge in [0.15, 0.2) is 5.96 Å². The van der Waals surface area contributed by atoms with Gasteiger partial charge in [-0.25, -0.2) is 9.59 Å². The number of ether oxygens (including phenoxy) is 1. The molecule has 0 aliphatic rings. The Labute approximate surface area is 231 Å². The van der Waals surface area contributed by atoms with Gasteiger partial charge in [-0.05, 0) is 65.2 Å². The molecule has 0 fully saturated rings. The molecule has 1 aromatic heterocycles. The first-order valence-corrected chi connectivity index (χ1v) is 12.6. The molecule has 2 rings (SSSR count). The number of alkyl carbamates (subject to hydrolysis) is 1. The summed E-state index contributed by atoms with van der Waals surface area (Å²) in [5.74, 6) is -1.91. The zero-order valence-corrected chi connectivity index (χ0v) is 23.3.